The number of hydrogen-bond donors (Lipinski definition) is 0. The molecule has 0 bridgehead atoms. The molecular formula is C58H37N5. The SMILES string of the molecule is c1ccc(-c2nc(-c3ccc4c(c3)Cc3ccccc3-4)nc(-c3ccc(-c4ccccc4)c(-n4c5ccccc5c5ccc(-n6c7ccccc7c7ccccc76)cc54)c3)n2)cc1. The van der Waals surface area contributed by atoms with Crippen molar-refractivity contribution in [3.8, 4) is 67.8 Å². The van der Waals surface area contributed by atoms with E-state index in [1.54, 1.807) is 0 Å². The summed E-state index contributed by atoms with van der Waals surface area (Å²) in [6.45, 7) is 0. The van der Waals surface area contributed by atoms with Gasteiger partial charge in [-0.15, -0.1) is 0 Å². The molecule has 0 unspecified atom stereocenters. The highest BCUT2D eigenvalue weighted by atomic mass is 15.0. The van der Waals surface area contributed by atoms with Crippen LogP contribution in [0.4, 0.5) is 0 Å². The van der Waals surface area contributed by atoms with Gasteiger partial charge in [0.15, 0.2) is 17.5 Å². The van der Waals surface area contributed by atoms with Crippen molar-refractivity contribution in [1.29, 1.82) is 0 Å². The number of hydrogen-bond acceptors (Lipinski definition) is 3. The highest BCUT2D eigenvalue weighted by Gasteiger charge is 2.22. The number of aromatic nitrogens is 5. The summed E-state index contributed by atoms with van der Waals surface area (Å²) in [5.41, 5.74) is 17.0. The summed E-state index contributed by atoms with van der Waals surface area (Å²) in [4.78, 5) is 15.7. The van der Waals surface area contributed by atoms with Gasteiger partial charge in [-0.25, -0.2) is 15.0 Å². The monoisotopic (exact) mass is 803 g/mol. The van der Waals surface area contributed by atoms with E-state index in [-0.39, 0.29) is 0 Å². The van der Waals surface area contributed by atoms with Gasteiger partial charge in [0.05, 0.1) is 27.8 Å². The summed E-state index contributed by atoms with van der Waals surface area (Å²) in [5.74, 6) is 1.91. The van der Waals surface area contributed by atoms with Gasteiger partial charge in [-0.05, 0) is 76.7 Å². The summed E-state index contributed by atoms with van der Waals surface area (Å²) < 4.78 is 4.84. The van der Waals surface area contributed by atoms with E-state index in [0.717, 1.165) is 56.6 Å². The number of nitrogens with zero attached hydrogens (tertiary/aromatic N) is 5. The Morgan fingerprint density at radius 3 is 1.46 bits per heavy atom. The van der Waals surface area contributed by atoms with Crippen LogP contribution < -0.4 is 0 Å². The van der Waals surface area contributed by atoms with Crippen LogP contribution in [0.1, 0.15) is 11.1 Å². The predicted molar refractivity (Wildman–Crippen MR) is 258 cm³/mol. The minimum absolute atomic E-state index is 0.621. The molecule has 0 spiro atoms. The van der Waals surface area contributed by atoms with Crippen LogP contribution in [0.3, 0.4) is 0 Å². The zero-order valence-electron chi connectivity index (χ0n) is 34.2. The van der Waals surface area contributed by atoms with Crippen LogP contribution >= 0.6 is 0 Å². The van der Waals surface area contributed by atoms with Gasteiger partial charge in [0.2, 0.25) is 0 Å². The number of rotatable bonds is 6. The molecule has 1 aliphatic carbocycles. The lowest BCUT2D eigenvalue weighted by atomic mass is 10.0. The standard InChI is InChI=1S/C58H37N5/c1-3-15-37(16-4-1)46-31-28-41(58-60-56(38-17-5-2-6-18-38)59-57(61-58)40-27-30-45-42(34-40)33-39-19-7-8-20-44(39)45)35-54(46)63-53-26-14-11-23-49(53)50-32-29-43(36-55(50)63)62-51-24-12-9-21-47(51)48-22-10-13-25-52(48)62/h1-32,34-36H,33H2. The predicted octanol–water partition coefficient (Wildman–Crippen LogP) is 14.3. The minimum atomic E-state index is 0.621. The molecule has 0 saturated heterocycles. The maximum atomic E-state index is 5.29. The summed E-state index contributed by atoms with van der Waals surface area (Å²) in [6, 6.07) is 76.0. The second-order valence-electron chi connectivity index (χ2n) is 16.4. The van der Waals surface area contributed by atoms with Crippen LogP contribution in [0.15, 0.2) is 212 Å². The molecule has 0 radical (unpaired) electrons. The molecule has 63 heavy (non-hydrogen) atoms. The zero-order valence-corrected chi connectivity index (χ0v) is 34.2. The highest BCUT2D eigenvalue weighted by Crippen LogP contribution is 2.42. The van der Waals surface area contributed by atoms with E-state index in [1.165, 1.54) is 54.8 Å². The highest BCUT2D eigenvalue weighted by molar-refractivity contribution is 6.12. The van der Waals surface area contributed by atoms with Crippen molar-refractivity contribution < 1.29 is 0 Å². The maximum absolute atomic E-state index is 5.29. The first kappa shape index (κ1) is 35.4. The third kappa shape index (κ3) is 5.67. The Morgan fingerprint density at radius 1 is 0.302 bits per heavy atom. The van der Waals surface area contributed by atoms with Gasteiger partial charge in [-0.2, -0.15) is 0 Å². The summed E-state index contributed by atoms with van der Waals surface area (Å²) in [6.07, 6.45) is 0.893. The second-order valence-corrected chi connectivity index (χ2v) is 16.4. The Labute approximate surface area is 363 Å². The normalized spacial score (nSPS) is 12.1. The Balaban J connectivity index is 1.05. The van der Waals surface area contributed by atoms with E-state index in [2.05, 4.69) is 203 Å². The average molecular weight is 804 g/mol. The summed E-state index contributed by atoms with van der Waals surface area (Å²) in [5, 5.41) is 4.86. The Morgan fingerprint density at radius 2 is 0.794 bits per heavy atom. The lowest BCUT2D eigenvalue weighted by molar-refractivity contribution is 1.07. The van der Waals surface area contributed by atoms with Crippen LogP contribution in [-0.2, 0) is 6.42 Å². The van der Waals surface area contributed by atoms with Crippen molar-refractivity contribution in [3.05, 3.63) is 223 Å². The first-order chi connectivity index (χ1) is 31.2. The summed E-state index contributed by atoms with van der Waals surface area (Å²) in [7, 11) is 0. The van der Waals surface area contributed by atoms with Crippen molar-refractivity contribution in [3.63, 3.8) is 0 Å². The van der Waals surface area contributed by atoms with E-state index < -0.39 is 0 Å². The molecule has 1 aliphatic rings. The second kappa shape index (κ2) is 14.1. The van der Waals surface area contributed by atoms with Crippen LogP contribution in [0.2, 0.25) is 0 Å². The van der Waals surface area contributed by atoms with Gasteiger partial charge >= 0.3 is 0 Å². The molecule has 5 heteroatoms. The molecule has 294 valence electrons. The fourth-order valence-corrected chi connectivity index (χ4v) is 9.91. The Bertz CT molecular complexity index is 3710. The van der Waals surface area contributed by atoms with Crippen molar-refractivity contribution in [1.82, 2.24) is 24.1 Å². The molecular weight excluding hydrogens is 767 g/mol. The third-order valence-corrected chi connectivity index (χ3v) is 12.8. The average Bonchev–Trinajstić information content (AvgIpc) is 4.01. The van der Waals surface area contributed by atoms with Gasteiger partial charge in [0, 0.05) is 49.5 Å². The minimum Gasteiger partial charge on any atom is -0.309 e. The largest absolute Gasteiger partial charge is 0.309 e. The van der Waals surface area contributed by atoms with Crippen LogP contribution in [0.5, 0.6) is 0 Å². The van der Waals surface area contributed by atoms with Crippen molar-refractivity contribution in [2.24, 2.45) is 0 Å². The fourth-order valence-electron chi connectivity index (χ4n) is 9.91. The Hall–Kier alpha value is -8.41. The molecule has 12 aromatic rings. The van der Waals surface area contributed by atoms with Crippen molar-refractivity contribution >= 4 is 43.6 Å². The molecule has 13 rings (SSSR count). The van der Waals surface area contributed by atoms with Gasteiger partial charge in [0.25, 0.3) is 0 Å². The van der Waals surface area contributed by atoms with E-state index in [9.17, 15) is 0 Å². The van der Waals surface area contributed by atoms with Crippen LogP contribution in [-0.4, -0.2) is 24.1 Å². The number of fused-ring (bicyclic) bond motifs is 9. The van der Waals surface area contributed by atoms with Gasteiger partial charge in [0.1, 0.15) is 0 Å². The first-order valence-corrected chi connectivity index (χ1v) is 21.5. The fraction of sp³-hybridized carbons (Fsp3) is 0.0172. The topological polar surface area (TPSA) is 48.5 Å². The maximum Gasteiger partial charge on any atom is 0.164 e. The lowest BCUT2D eigenvalue weighted by Crippen LogP contribution is -2.03. The molecule has 3 aromatic heterocycles. The van der Waals surface area contributed by atoms with E-state index in [4.69, 9.17) is 15.0 Å². The van der Waals surface area contributed by atoms with Crippen molar-refractivity contribution in [2.45, 2.75) is 6.42 Å². The van der Waals surface area contributed by atoms with Crippen LogP contribution in [0, 0.1) is 0 Å². The molecule has 0 saturated carbocycles. The molecule has 3 heterocycles. The van der Waals surface area contributed by atoms with Gasteiger partial charge < -0.3 is 9.13 Å². The quantitative estimate of drug-likeness (QED) is 0.168. The smallest absolute Gasteiger partial charge is 0.164 e. The molecule has 0 fully saturated rings. The molecule has 9 aromatic carbocycles. The van der Waals surface area contributed by atoms with Crippen molar-refractivity contribution in [2.75, 3.05) is 0 Å². The Kier molecular flexibility index (Phi) is 7.90. The molecule has 0 atom stereocenters. The molecule has 0 N–H and O–H groups in total. The lowest BCUT2D eigenvalue weighted by Gasteiger charge is -2.17. The first-order valence-electron chi connectivity index (χ1n) is 21.5. The molecule has 5 nitrogen and oxygen atoms in total. The van der Waals surface area contributed by atoms with Gasteiger partial charge in [-0.3, -0.25) is 0 Å². The van der Waals surface area contributed by atoms with Gasteiger partial charge in [-0.1, -0.05) is 170 Å². The van der Waals surface area contributed by atoms with E-state index in [1.807, 2.05) is 18.2 Å². The molecule has 0 aliphatic heterocycles. The number of benzene rings is 9. The van der Waals surface area contributed by atoms with E-state index in [0.29, 0.717) is 17.5 Å². The summed E-state index contributed by atoms with van der Waals surface area (Å²) >= 11 is 0. The third-order valence-electron chi connectivity index (χ3n) is 12.8. The van der Waals surface area contributed by atoms with E-state index >= 15 is 0 Å². The number of para-hydroxylation sites is 3. The van der Waals surface area contributed by atoms with Crippen LogP contribution in [0.25, 0.3) is 111 Å². The zero-order chi connectivity index (χ0) is 41.4. The molecule has 0 amide bonds.